The zero-order chi connectivity index (χ0) is 14.8. The highest BCUT2D eigenvalue weighted by Gasteiger charge is 2.36. The van der Waals surface area contributed by atoms with E-state index in [0.717, 1.165) is 12.1 Å². The molecular formula is C15H22ClN3O. The average Bonchev–Trinajstić information content (AvgIpc) is 2.41. The summed E-state index contributed by atoms with van der Waals surface area (Å²) in [6.07, 6.45) is 4.67. The summed E-state index contributed by atoms with van der Waals surface area (Å²) in [4.78, 5) is 11.2. The number of hydrogen-bond acceptors (Lipinski definition) is 3. The summed E-state index contributed by atoms with van der Waals surface area (Å²) in [5.41, 5.74) is 12.4. The van der Waals surface area contributed by atoms with Crippen molar-refractivity contribution in [3.8, 4) is 0 Å². The number of rotatable bonds is 4. The molecule has 1 amide bonds. The SMILES string of the molecule is CC1CCCCC1(CN)Nc1ccc(C(N)=O)c(Cl)c1. The second-order valence-corrected chi connectivity index (χ2v) is 6.10. The fourth-order valence-electron chi connectivity index (χ4n) is 3.03. The number of anilines is 1. The van der Waals surface area contributed by atoms with Gasteiger partial charge in [0.15, 0.2) is 0 Å². The van der Waals surface area contributed by atoms with Gasteiger partial charge in [0, 0.05) is 12.2 Å². The van der Waals surface area contributed by atoms with E-state index >= 15 is 0 Å². The van der Waals surface area contributed by atoms with Crippen LogP contribution < -0.4 is 16.8 Å². The van der Waals surface area contributed by atoms with Crippen molar-refractivity contribution < 1.29 is 4.79 Å². The Morgan fingerprint density at radius 3 is 2.80 bits per heavy atom. The Morgan fingerprint density at radius 1 is 1.50 bits per heavy atom. The third-order valence-electron chi connectivity index (χ3n) is 4.45. The zero-order valence-corrected chi connectivity index (χ0v) is 12.5. The van der Waals surface area contributed by atoms with E-state index in [1.54, 1.807) is 12.1 Å². The molecule has 1 aromatic carbocycles. The van der Waals surface area contributed by atoms with E-state index in [2.05, 4.69) is 12.2 Å². The fourth-order valence-corrected chi connectivity index (χ4v) is 3.31. The molecule has 0 spiro atoms. The minimum absolute atomic E-state index is 0.0875. The maximum atomic E-state index is 11.2. The molecule has 110 valence electrons. The summed E-state index contributed by atoms with van der Waals surface area (Å²) in [7, 11) is 0. The van der Waals surface area contributed by atoms with E-state index in [1.165, 1.54) is 19.3 Å². The quantitative estimate of drug-likeness (QED) is 0.799. The van der Waals surface area contributed by atoms with Crippen LogP contribution in [0.15, 0.2) is 18.2 Å². The van der Waals surface area contributed by atoms with Crippen LogP contribution in [0.1, 0.15) is 43.0 Å². The lowest BCUT2D eigenvalue weighted by molar-refractivity contribution is 0.100. The average molecular weight is 296 g/mol. The van der Waals surface area contributed by atoms with Crippen LogP contribution in [0.25, 0.3) is 0 Å². The molecule has 1 aromatic rings. The summed E-state index contributed by atoms with van der Waals surface area (Å²) in [6.45, 7) is 2.82. The number of benzene rings is 1. The highest BCUT2D eigenvalue weighted by Crippen LogP contribution is 2.36. The molecule has 1 saturated carbocycles. The number of carbonyl (C=O) groups is 1. The van der Waals surface area contributed by atoms with Crippen LogP contribution in [0.5, 0.6) is 0 Å². The van der Waals surface area contributed by atoms with E-state index in [4.69, 9.17) is 23.1 Å². The molecule has 5 N–H and O–H groups in total. The van der Waals surface area contributed by atoms with Gasteiger partial charge in [-0.25, -0.2) is 0 Å². The fraction of sp³-hybridized carbons (Fsp3) is 0.533. The Hall–Kier alpha value is -1.26. The zero-order valence-electron chi connectivity index (χ0n) is 11.8. The van der Waals surface area contributed by atoms with Crippen molar-refractivity contribution in [1.29, 1.82) is 0 Å². The Labute approximate surface area is 124 Å². The number of nitrogens with one attached hydrogen (secondary N) is 1. The van der Waals surface area contributed by atoms with Gasteiger partial charge < -0.3 is 16.8 Å². The van der Waals surface area contributed by atoms with Crippen LogP contribution in [0.2, 0.25) is 5.02 Å². The topological polar surface area (TPSA) is 81.1 Å². The van der Waals surface area contributed by atoms with Gasteiger partial charge in [0.05, 0.1) is 16.1 Å². The molecule has 1 aliphatic rings. The van der Waals surface area contributed by atoms with Gasteiger partial charge >= 0.3 is 0 Å². The summed E-state index contributed by atoms with van der Waals surface area (Å²) >= 11 is 6.09. The number of carbonyl (C=O) groups excluding carboxylic acids is 1. The summed E-state index contributed by atoms with van der Waals surface area (Å²) < 4.78 is 0. The van der Waals surface area contributed by atoms with Crippen molar-refractivity contribution in [2.45, 2.75) is 38.1 Å². The molecule has 2 rings (SSSR count). The van der Waals surface area contributed by atoms with E-state index in [1.807, 2.05) is 6.07 Å². The van der Waals surface area contributed by atoms with Crippen molar-refractivity contribution in [3.63, 3.8) is 0 Å². The van der Waals surface area contributed by atoms with Crippen molar-refractivity contribution in [3.05, 3.63) is 28.8 Å². The molecule has 1 fully saturated rings. The first-order valence-corrected chi connectivity index (χ1v) is 7.44. The number of hydrogen-bond donors (Lipinski definition) is 3. The highest BCUT2D eigenvalue weighted by molar-refractivity contribution is 6.34. The Morgan fingerprint density at radius 2 is 2.25 bits per heavy atom. The monoisotopic (exact) mass is 295 g/mol. The molecular weight excluding hydrogens is 274 g/mol. The lowest BCUT2D eigenvalue weighted by Crippen LogP contribution is -2.52. The molecule has 20 heavy (non-hydrogen) atoms. The molecule has 1 aliphatic carbocycles. The van der Waals surface area contributed by atoms with Gasteiger partial charge in [0.2, 0.25) is 5.91 Å². The van der Waals surface area contributed by atoms with Gasteiger partial charge in [0.25, 0.3) is 0 Å². The van der Waals surface area contributed by atoms with E-state index in [9.17, 15) is 4.79 Å². The largest absolute Gasteiger partial charge is 0.378 e. The first kappa shape index (κ1) is 15.1. The minimum Gasteiger partial charge on any atom is -0.378 e. The summed E-state index contributed by atoms with van der Waals surface area (Å²) in [5, 5.41) is 3.91. The van der Waals surface area contributed by atoms with Gasteiger partial charge in [-0.3, -0.25) is 4.79 Å². The van der Waals surface area contributed by atoms with Gasteiger partial charge in [-0.2, -0.15) is 0 Å². The van der Waals surface area contributed by atoms with Crippen molar-refractivity contribution >= 4 is 23.2 Å². The van der Waals surface area contributed by atoms with Crippen LogP contribution in [0.4, 0.5) is 5.69 Å². The molecule has 0 saturated heterocycles. The first-order chi connectivity index (χ1) is 9.48. The summed E-state index contributed by atoms with van der Waals surface area (Å²) in [6, 6.07) is 5.25. The van der Waals surface area contributed by atoms with Crippen molar-refractivity contribution in [2.75, 3.05) is 11.9 Å². The number of amides is 1. The number of primary amides is 1. The van der Waals surface area contributed by atoms with Gasteiger partial charge in [-0.1, -0.05) is 31.4 Å². The third-order valence-corrected chi connectivity index (χ3v) is 4.76. The molecule has 0 heterocycles. The predicted octanol–water partition coefficient (Wildman–Crippen LogP) is 2.76. The van der Waals surface area contributed by atoms with Crippen LogP contribution >= 0.6 is 11.6 Å². The minimum atomic E-state index is -0.513. The third kappa shape index (κ3) is 2.91. The molecule has 0 aliphatic heterocycles. The van der Waals surface area contributed by atoms with Crippen LogP contribution in [0, 0.1) is 5.92 Å². The molecule has 2 unspecified atom stereocenters. The van der Waals surface area contributed by atoms with Gasteiger partial charge in [0.1, 0.15) is 0 Å². The maximum absolute atomic E-state index is 11.2. The first-order valence-electron chi connectivity index (χ1n) is 7.06. The molecule has 0 bridgehead atoms. The van der Waals surface area contributed by atoms with Crippen LogP contribution in [-0.2, 0) is 0 Å². The van der Waals surface area contributed by atoms with Crippen LogP contribution in [0.3, 0.4) is 0 Å². The van der Waals surface area contributed by atoms with Crippen molar-refractivity contribution in [1.82, 2.24) is 0 Å². The molecule has 4 nitrogen and oxygen atoms in total. The maximum Gasteiger partial charge on any atom is 0.250 e. The molecule has 0 radical (unpaired) electrons. The highest BCUT2D eigenvalue weighted by atomic mass is 35.5. The second kappa shape index (κ2) is 6.02. The van der Waals surface area contributed by atoms with E-state index < -0.39 is 5.91 Å². The number of nitrogens with two attached hydrogens (primary N) is 2. The number of halogens is 1. The van der Waals surface area contributed by atoms with Gasteiger partial charge in [-0.05, 0) is 37.0 Å². The second-order valence-electron chi connectivity index (χ2n) is 5.69. The van der Waals surface area contributed by atoms with E-state index in [0.29, 0.717) is 23.0 Å². The molecule has 0 aromatic heterocycles. The smallest absolute Gasteiger partial charge is 0.250 e. The van der Waals surface area contributed by atoms with Crippen molar-refractivity contribution in [2.24, 2.45) is 17.4 Å². The van der Waals surface area contributed by atoms with E-state index in [-0.39, 0.29) is 5.54 Å². The molecule has 5 heteroatoms. The lowest BCUT2D eigenvalue weighted by atomic mass is 9.73. The molecule has 2 atom stereocenters. The Balaban J connectivity index is 2.23. The van der Waals surface area contributed by atoms with Gasteiger partial charge in [-0.15, -0.1) is 0 Å². The lowest BCUT2D eigenvalue weighted by Gasteiger charge is -2.43. The standard InChI is InChI=1S/C15H22ClN3O/c1-10-4-2-3-7-15(10,9-17)19-11-5-6-12(14(18)20)13(16)8-11/h5-6,8,10,19H,2-4,7,9,17H2,1H3,(H2,18,20). The normalized spacial score (nSPS) is 26.2. The van der Waals surface area contributed by atoms with Crippen LogP contribution in [-0.4, -0.2) is 18.0 Å². The predicted molar refractivity (Wildman–Crippen MR) is 83.0 cm³/mol. The summed E-state index contributed by atoms with van der Waals surface area (Å²) in [5.74, 6) is -0.00281. The Kier molecular flexibility index (Phi) is 4.55. The Bertz CT molecular complexity index is 506.